The first-order valence-corrected chi connectivity index (χ1v) is 15.9. The number of halogens is 1. The van der Waals surface area contributed by atoms with Gasteiger partial charge in [0.05, 0.1) is 0 Å². The number of ether oxygens (including phenoxy) is 1. The molecule has 1 N–H and O–H groups in total. The van der Waals surface area contributed by atoms with Gasteiger partial charge in [-0.15, -0.1) is 0 Å². The van der Waals surface area contributed by atoms with Gasteiger partial charge in [-0.1, -0.05) is 77.1 Å². The lowest BCUT2D eigenvalue weighted by atomic mass is 9.47. The minimum atomic E-state index is -0.358. The van der Waals surface area contributed by atoms with E-state index in [2.05, 4.69) is 46.0 Å². The molecule has 3 saturated carbocycles. The van der Waals surface area contributed by atoms with Gasteiger partial charge in [0.25, 0.3) is 0 Å². The van der Waals surface area contributed by atoms with Crippen LogP contribution < -0.4 is 5.32 Å². The third kappa shape index (κ3) is 5.43. The van der Waals surface area contributed by atoms with E-state index in [0.717, 1.165) is 54.8 Å². The lowest BCUT2D eigenvalue weighted by molar-refractivity contribution is -0.0577. The molecule has 3 fully saturated rings. The number of nitrogens with one attached hydrogen (secondary N) is 1. The Morgan fingerprint density at radius 3 is 2.53 bits per heavy atom. The largest absolute Gasteiger partial charge is 0.446 e. The number of rotatable bonds is 7. The molecule has 0 unspecified atom stereocenters. The second-order valence-corrected chi connectivity index (χ2v) is 14.6. The number of hydrogen-bond acceptors (Lipinski definition) is 2. The summed E-state index contributed by atoms with van der Waals surface area (Å²) < 4.78 is 5.90. The van der Waals surface area contributed by atoms with E-state index in [1.807, 2.05) is 12.1 Å². The summed E-state index contributed by atoms with van der Waals surface area (Å²) in [7, 11) is 0. The Balaban J connectivity index is 1.21. The predicted octanol–water partition coefficient (Wildman–Crippen LogP) is 10.3. The molecule has 0 bridgehead atoms. The van der Waals surface area contributed by atoms with Crippen LogP contribution in [0.3, 0.4) is 0 Å². The average molecular weight is 540 g/mol. The summed E-state index contributed by atoms with van der Waals surface area (Å²) in [5, 5.41) is 3.52. The van der Waals surface area contributed by atoms with Crippen molar-refractivity contribution in [2.45, 2.75) is 111 Å². The van der Waals surface area contributed by atoms with Crippen molar-refractivity contribution in [2.24, 2.45) is 46.3 Å². The number of benzene rings is 1. The third-order valence-corrected chi connectivity index (χ3v) is 11.9. The maximum absolute atomic E-state index is 12.6. The molecule has 210 valence electrons. The van der Waals surface area contributed by atoms with Gasteiger partial charge < -0.3 is 4.74 Å². The van der Waals surface area contributed by atoms with Gasteiger partial charge in [0.15, 0.2) is 0 Å². The number of hydrogen-bond donors (Lipinski definition) is 1. The summed E-state index contributed by atoms with van der Waals surface area (Å²) >= 11 is 5.97. The van der Waals surface area contributed by atoms with Gasteiger partial charge >= 0.3 is 6.09 Å². The zero-order valence-electron chi connectivity index (χ0n) is 24.4. The Hall–Kier alpha value is -1.48. The van der Waals surface area contributed by atoms with Crippen LogP contribution in [0, 0.1) is 46.3 Å². The van der Waals surface area contributed by atoms with Crippen molar-refractivity contribution in [1.82, 2.24) is 0 Å². The summed E-state index contributed by atoms with van der Waals surface area (Å²) in [6.07, 6.45) is 16.3. The lowest BCUT2D eigenvalue weighted by Gasteiger charge is -2.58. The van der Waals surface area contributed by atoms with Gasteiger partial charge in [0.2, 0.25) is 0 Å². The smallest absolute Gasteiger partial charge is 0.411 e. The Labute approximate surface area is 236 Å². The average Bonchev–Trinajstić information content (AvgIpc) is 3.23. The fraction of sp³-hybridized carbons (Fsp3) is 0.735. The predicted molar refractivity (Wildman–Crippen MR) is 158 cm³/mol. The molecule has 0 heterocycles. The van der Waals surface area contributed by atoms with Crippen LogP contribution in [-0.2, 0) is 4.74 Å². The standard InChI is InChI=1S/C34H50ClNO2/c1-22(2)7-6-8-23(3)29-15-16-30-28-14-9-24-21-27(38-32(37)36-26-12-10-25(35)11-13-26)17-19-33(24,4)31(28)18-20-34(29,30)5/h9-13,22-23,27-31H,6-8,14-21H2,1-5H3,(H,36,37)/t23-,27-,28-,29+,30-,31-,33-,34+/m0/s1. The summed E-state index contributed by atoms with van der Waals surface area (Å²) in [6, 6.07) is 7.17. The Morgan fingerprint density at radius 1 is 1.03 bits per heavy atom. The van der Waals surface area contributed by atoms with Crippen molar-refractivity contribution in [1.29, 1.82) is 0 Å². The molecule has 0 aliphatic heterocycles. The van der Waals surface area contributed by atoms with Gasteiger partial charge in [-0.25, -0.2) is 4.79 Å². The maximum atomic E-state index is 12.6. The number of anilines is 1. The van der Waals surface area contributed by atoms with Crippen molar-refractivity contribution in [3.8, 4) is 0 Å². The van der Waals surface area contributed by atoms with Crippen molar-refractivity contribution in [3.05, 3.63) is 40.9 Å². The molecular formula is C34H50ClNO2. The van der Waals surface area contributed by atoms with Crippen LogP contribution in [0.25, 0.3) is 0 Å². The summed E-state index contributed by atoms with van der Waals surface area (Å²) in [4.78, 5) is 12.6. The van der Waals surface area contributed by atoms with Crippen LogP contribution in [-0.4, -0.2) is 12.2 Å². The third-order valence-electron chi connectivity index (χ3n) is 11.6. The SMILES string of the molecule is CC(C)CCC[C@H](C)[C@H]1CC[C@H]2[C@@H]3CC=C4C[C@@H](OC(=O)Nc5ccc(Cl)cc5)CC[C@]4(C)[C@H]3CC[C@]12C. The molecular weight excluding hydrogens is 490 g/mol. The second-order valence-electron chi connectivity index (χ2n) is 14.2. The maximum Gasteiger partial charge on any atom is 0.411 e. The molecule has 0 saturated heterocycles. The van der Waals surface area contributed by atoms with Gasteiger partial charge in [0.1, 0.15) is 6.10 Å². The van der Waals surface area contributed by atoms with E-state index >= 15 is 0 Å². The molecule has 0 spiro atoms. The normalized spacial score (nSPS) is 37.0. The first-order chi connectivity index (χ1) is 18.1. The van der Waals surface area contributed by atoms with Crippen LogP contribution in [0.5, 0.6) is 0 Å². The molecule has 4 aliphatic carbocycles. The van der Waals surface area contributed by atoms with Crippen LogP contribution in [0.15, 0.2) is 35.9 Å². The molecule has 0 radical (unpaired) electrons. The molecule has 8 atom stereocenters. The molecule has 1 aromatic carbocycles. The molecule has 4 heteroatoms. The molecule has 0 aromatic heterocycles. The Kier molecular flexibility index (Phi) is 8.26. The highest BCUT2D eigenvalue weighted by Gasteiger charge is 2.59. The molecule has 4 aliphatic rings. The zero-order chi connectivity index (χ0) is 27.1. The van der Waals surface area contributed by atoms with Crippen molar-refractivity contribution >= 4 is 23.4 Å². The van der Waals surface area contributed by atoms with E-state index in [4.69, 9.17) is 16.3 Å². The quantitative estimate of drug-likeness (QED) is 0.350. The highest BCUT2D eigenvalue weighted by Crippen LogP contribution is 2.67. The summed E-state index contributed by atoms with van der Waals surface area (Å²) in [6.45, 7) is 12.5. The van der Waals surface area contributed by atoms with Gasteiger partial charge in [-0.3, -0.25) is 5.32 Å². The minimum absolute atomic E-state index is 0.0328. The number of carbonyl (C=O) groups is 1. The molecule has 1 aromatic rings. The molecule has 3 nitrogen and oxygen atoms in total. The van der Waals surface area contributed by atoms with Gasteiger partial charge in [-0.2, -0.15) is 0 Å². The minimum Gasteiger partial charge on any atom is -0.446 e. The van der Waals surface area contributed by atoms with Crippen molar-refractivity contribution < 1.29 is 9.53 Å². The molecule has 38 heavy (non-hydrogen) atoms. The van der Waals surface area contributed by atoms with E-state index in [-0.39, 0.29) is 17.6 Å². The monoisotopic (exact) mass is 539 g/mol. The van der Waals surface area contributed by atoms with E-state index in [9.17, 15) is 4.79 Å². The number of fused-ring (bicyclic) bond motifs is 5. The number of carbonyl (C=O) groups excluding carboxylic acids is 1. The van der Waals surface area contributed by atoms with Crippen molar-refractivity contribution in [2.75, 3.05) is 5.32 Å². The van der Waals surface area contributed by atoms with Crippen molar-refractivity contribution in [3.63, 3.8) is 0 Å². The number of amides is 1. The van der Waals surface area contributed by atoms with Crippen LogP contribution in [0.1, 0.15) is 105 Å². The van der Waals surface area contributed by atoms with E-state index in [1.165, 1.54) is 51.4 Å². The first kappa shape index (κ1) is 28.1. The zero-order valence-corrected chi connectivity index (χ0v) is 25.2. The summed E-state index contributed by atoms with van der Waals surface area (Å²) in [5.74, 6) is 5.10. The van der Waals surface area contributed by atoms with Gasteiger partial charge in [-0.05, 0) is 116 Å². The highest BCUT2D eigenvalue weighted by atomic mass is 35.5. The fourth-order valence-corrected chi connectivity index (χ4v) is 9.71. The van der Waals surface area contributed by atoms with E-state index in [1.54, 1.807) is 17.7 Å². The molecule has 1 amide bonds. The molecule has 5 rings (SSSR count). The van der Waals surface area contributed by atoms with E-state index in [0.29, 0.717) is 16.1 Å². The highest BCUT2D eigenvalue weighted by molar-refractivity contribution is 6.30. The summed E-state index contributed by atoms with van der Waals surface area (Å²) in [5.41, 5.74) is 3.08. The second kappa shape index (κ2) is 11.2. The lowest BCUT2D eigenvalue weighted by Crippen LogP contribution is -2.51. The Morgan fingerprint density at radius 2 is 1.79 bits per heavy atom. The Bertz CT molecular complexity index is 1020. The first-order valence-electron chi connectivity index (χ1n) is 15.5. The van der Waals surface area contributed by atoms with Gasteiger partial charge in [0, 0.05) is 17.1 Å². The fourth-order valence-electron chi connectivity index (χ4n) is 9.58. The van der Waals surface area contributed by atoms with Crippen LogP contribution in [0.2, 0.25) is 5.02 Å². The number of allylic oxidation sites excluding steroid dienone is 1. The van der Waals surface area contributed by atoms with E-state index < -0.39 is 0 Å². The topological polar surface area (TPSA) is 38.3 Å². The van der Waals surface area contributed by atoms with Crippen LogP contribution >= 0.6 is 11.6 Å². The van der Waals surface area contributed by atoms with Crippen LogP contribution in [0.4, 0.5) is 10.5 Å².